The Balaban J connectivity index is 1.52. The van der Waals surface area contributed by atoms with E-state index in [4.69, 9.17) is 0 Å². The fraction of sp³-hybridized carbons (Fsp3) is 0.0833. The minimum atomic E-state index is -0.314. The number of pyridine rings is 2. The molecule has 3 heterocycles. The van der Waals surface area contributed by atoms with Gasteiger partial charge in [0.1, 0.15) is 5.82 Å². The van der Waals surface area contributed by atoms with Gasteiger partial charge in [-0.3, -0.25) is 14.6 Å². The van der Waals surface area contributed by atoms with Crippen LogP contribution in [0.3, 0.4) is 0 Å². The molecular weight excluding hydrogens is 470 g/mol. The van der Waals surface area contributed by atoms with Gasteiger partial charge in [-0.05, 0) is 78.3 Å². The Morgan fingerprint density at radius 1 is 0.938 bits per heavy atom. The molecule has 0 saturated heterocycles. The zero-order valence-electron chi connectivity index (χ0n) is 17.5. The van der Waals surface area contributed by atoms with E-state index < -0.39 is 0 Å². The predicted octanol–water partition coefficient (Wildman–Crippen LogP) is 5.15. The zero-order valence-corrected chi connectivity index (χ0v) is 19.1. The second-order valence-corrected chi connectivity index (χ2v) is 8.10. The van der Waals surface area contributed by atoms with Crippen LogP contribution >= 0.6 is 15.9 Å². The number of rotatable bonds is 5. The van der Waals surface area contributed by atoms with Gasteiger partial charge < -0.3 is 15.2 Å². The normalized spacial score (nSPS) is 10.6. The van der Waals surface area contributed by atoms with Crippen molar-refractivity contribution in [3.05, 3.63) is 100 Å². The van der Waals surface area contributed by atoms with Gasteiger partial charge in [-0.2, -0.15) is 0 Å². The summed E-state index contributed by atoms with van der Waals surface area (Å²) in [4.78, 5) is 33.9. The van der Waals surface area contributed by atoms with Gasteiger partial charge in [-0.25, -0.2) is 4.98 Å². The second-order valence-electron chi connectivity index (χ2n) is 7.18. The number of hydrogen-bond donors (Lipinski definition) is 2. The summed E-state index contributed by atoms with van der Waals surface area (Å²) in [7, 11) is 0. The summed E-state index contributed by atoms with van der Waals surface area (Å²) >= 11 is 3.31. The fourth-order valence-corrected chi connectivity index (χ4v) is 3.69. The topological polar surface area (TPSA) is 88.9 Å². The lowest BCUT2D eigenvalue weighted by Gasteiger charge is -2.10. The number of aromatic nitrogens is 3. The molecule has 0 fully saturated rings. The smallest absolute Gasteiger partial charge is 0.257 e. The van der Waals surface area contributed by atoms with Crippen molar-refractivity contribution in [3.63, 3.8) is 0 Å². The third kappa shape index (κ3) is 4.60. The van der Waals surface area contributed by atoms with E-state index in [9.17, 15) is 9.59 Å². The van der Waals surface area contributed by atoms with Gasteiger partial charge in [-0.15, -0.1) is 0 Å². The molecule has 32 heavy (non-hydrogen) atoms. The Bertz CT molecular complexity index is 1280. The van der Waals surface area contributed by atoms with E-state index in [0.29, 0.717) is 22.6 Å². The van der Waals surface area contributed by atoms with Crippen LogP contribution in [0.25, 0.3) is 5.69 Å². The quantitative estimate of drug-likeness (QED) is 0.405. The molecule has 0 radical (unpaired) electrons. The standard InChI is InChI=1S/C24H20BrN5O2/c1-15-11-21(16(2)30(15)20-7-4-10-26-14-20)24(32)28-19-6-3-5-17(12-19)23(31)29-22-9-8-18(25)13-27-22/h3-14H,1-2H3,(H,28,32)(H,27,29,31). The molecule has 0 aliphatic heterocycles. The van der Waals surface area contributed by atoms with E-state index in [2.05, 4.69) is 36.5 Å². The van der Waals surface area contributed by atoms with Crippen molar-refractivity contribution in [2.75, 3.05) is 10.6 Å². The second kappa shape index (κ2) is 9.15. The predicted molar refractivity (Wildman–Crippen MR) is 127 cm³/mol. The molecule has 1 aromatic carbocycles. The first-order valence-electron chi connectivity index (χ1n) is 9.86. The number of carbonyl (C=O) groups excluding carboxylic acids is 2. The van der Waals surface area contributed by atoms with Gasteiger partial charge in [0.2, 0.25) is 0 Å². The first kappa shape index (κ1) is 21.5. The number of nitrogens with one attached hydrogen (secondary N) is 2. The number of anilines is 2. The van der Waals surface area contributed by atoms with Crippen molar-refractivity contribution in [3.8, 4) is 5.69 Å². The maximum absolute atomic E-state index is 13.0. The lowest BCUT2D eigenvalue weighted by atomic mass is 10.1. The van der Waals surface area contributed by atoms with Gasteiger partial charge in [0, 0.05) is 39.5 Å². The highest BCUT2D eigenvalue weighted by atomic mass is 79.9. The molecule has 0 bridgehead atoms. The fourth-order valence-electron chi connectivity index (χ4n) is 3.45. The number of aryl methyl sites for hydroxylation is 1. The largest absolute Gasteiger partial charge is 0.322 e. The van der Waals surface area contributed by atoms with Crippen LogP contribution in [-0.2, 0) is 0 Å². The van der Waals surface area contributed by atoms with Crippen LogP contribution < -0.4 is 10.6 Å². The van der Waals surface area contributed by atoms with Crippen LogP contribution in [0.5, 0.6) is 0 Å². The van der Waals surface area contributed by atoms with Crippen LogP contribution in [0.15, 0.2) is 77.7 Å². The van der Waals surface area contributed by atoms with Crippen molar-refractivity contribution in [1.82, 2.24) is 14.5 Å². The Kier molecular flexibility index (Phi) is 6.13. The monoisotopic (exact) mass is 489 g/mol. The summed E-state index contributed by atoms with van der Waals surface area (Å²) in [5.74, 6) is -0.124. The maximum atomic E-state index is 13.0. The van der Waals surface area contributed by atoms with E-state index in [1.54, 1.807) is 55.0 Å². The summed E-state index contributed by atoms with van der Waals surface area (Å²) in [6.07, 6.45) is 5.07. The summed E-state index contributed by atoms with van der Waals surface area (Å²) in [5, 5.41) is 5.63. The third-order valence-corrected chi connectivity index (χ3v) is 5.40. The molecule has 0 unspecified atom stereocenters. The Morgan fingerprint density at radius 2 is 1.78 bits per heavy atom. The number of nitrogens with zero attached hydrogens (tertiary/aromatic N) is 3. The lowest BCUT2D eigenvalue weighted by molar-refractivity contribution is 0.101. The molecule has 2 N–H and O–H groups in total. The van der Waals surface area contributed by atoms with Crippen molar-refractivity contribution in [2.45, 2.75) is 13.8 Å². The number of carbonyl (C=O) groups is 2. The number of hydrogen-bond acceptors (Lipinski definition) is 4. The molecule has 160 valence electrons. The van der Waals surface area contributed by atoms with Crippen LogP contribution in [0.1, 0.15) is 32.1 Å². The van der Waals surface area contributed by atoms with Crippen LogP contribution in [0, 0.1) is 13.8 Å². The number of benzene rings is 1. The van der Waals surface area contributed by atoms with E-state index >= 15 is 0 Å². The highest BCUT2D eigenvalue weighted by Gasteiger charge is 2.17. The molecule has 8 heteroatoms. The molecule has 2 amide bonds. The van der Waals surface area contributed by atoms with Gasteiger partial charge in [0.25, 0.3) is 11.8 Å². The van der Waals surface area contributed by atoms with Crippen molar-refractivity contribution in [2.24, 2.45) is 0 Å². The summed E-state index contributed by atoms with van der Waals surface area (Å²) < 4.78 is 2.81. The first-order chi connectivity index (χ1) is 15.4. The molecule has 0 atom stereocenters. The third-order valence-electron chi connectivity index (χ3n) is 4.93. The van der Waals surface area contributed by atoms with E-state index in [0.717, 1.165) is 21.5 Å². The summed E-state index contributed by atoms with van der Waals surface area (Å²) in [6, 6.07) is 15.9. The van der Waals surface area contributed by atoms with Gasteiger partial charge in [0.15, 0.2) is 0 Å². The molecule has 4 rings (SSSR count). The first-order valence-corrected chi connectivity index (χ1v) is 10.7. The SMILES string of the molecule is Cc1cc(C(=O)Nc2cccc(C(=O)Nc3ccc(Br)cn3)c2)c(C)n1-c1cccnc1. The highest BCUT2D eigenvalue weighted by Crippen LogP contribution is 2.22. The maximum Gasteiger partial charge on any atom is 0.257 e. The summed E-state index contributed by atoms with van der Waals surface area (Å²) in [5.41, 5.74) is 4.12. The van der Waals surface area contributed by atoms with Crippen LogP contribution in [0.2, 0.25) is 0 Å². The minimum Gasteiger partial charge on any atom is -0.322 e. The zero-order chi connectivity index (χ0) is 22.7. The number of amides is 2. The van der Waals surface area contributed by atoms with Crippen LogP contribution in [-0.4, -0.2) is 26.3 Å². The average molecular weight is 490 g/mol. The van der Waals surface area contributed by atoms with Crippen molar-refractivity contribution >= 4 is 39.2 Å². The Morgan fingerprint density at radius 3 is 2.50 bits per heavy atom. The van der Waals surface area contributed by atoms with E-state index in [1.807, 2.05) is 36.6 Å². The average Bonchev–Trinajstić information content (AvgIpc) is 3.10. The van der Waals surface area contributed by atoms with Crippen molar-refractivity contribution in [1.29, 1.82) is 0 Å². The molecule has 4 aromatic rings. The van der Waals surface area contributed by atoms with E-state index in [1.165, 1.54) is 0 Å². The van der Waals surface area contributed by atoms with E-state index in [-0.39, 0.29) is 11.8 Å². The number of halogens is 1. The molecule has 0 aliphatic rings. The van der Waals surface area contributed by atoms with Crippen molar-refractivity contribution < 1.29 is 9.59 Å². The minimum absolute atomic E-state index is 0.250. The van der Waals surface area contributed by atoms with Gasteiger partial charge >= 0.3 is 0 Å². The van der Waals surface area contributed by atoms with Gasteiger partial charge in [0.05, 0.1) is 17.4 Å². The van der Waals surface area contributed by atoms with Gasteiger partial charge in [-0.1, -0.05) is 6.07 Å². The van der Waals surface area contributed by atoms with Crippen LogP contribution in [0.4, 0.5) is 11.5 Å². The highest BCUT2D eigenvalue weighted by molar-refractivity contribution is 9.10. The molecule has 3 aromatic heterocycles. The molecule has 0 aliphatic carbocycles. The molecular formula is C24H20BrN5O2. The molecule has 7 nitrogen and oxygen atoms in total. The Labute approximate surface area is 193 Å². The summed E-state index contributed by atoms with van der Waals surface area (Å²) in [6.45, 7) is 3.84. The Hall–Kier alpha value is -3.78. The molecule has 0 spiro atoms. The molecule has 0 saturated carbocycles. The lowest BCUT2D eigenvalue weighted by Crippen LogP contribution is -2.15.